The van der Waals surface area contributed by atoms with Crippen molar-refractivity contribution in [2.24, 2.45) is 26.6 Å². The molecule has 0 bridgehead atoms. The molecular weight excluding hydrogens is 338 g/mol. The average molecular weight is 351 g/mol. The van der Waals surface area contributed by atoms with Gasteiger partial charge in [-0.3, -0.25) is 19.7 Å². The molecule has 3 aliphatic rings. The summed E-state index contributed by atoms with van der Waals surface area (Å²) in [6.45, 7) is 0. The molecule has 26 heavy (non-hydrogen) atoms. The molecule has 0 aromatic heterocycles. The molecule has 1 unspecified atom stereocenters. The van der Waals surface area contributed by atoms with Gasteiger partial charge >= 0.3 is 0 Å². The van der Waals surface area contributed by atoms with Gasteiger partial charge in [-0.15, -0.1) is 0 Å². The Morgan fingerprint density at radius 3 is 2.50 bits per heavy atom. The van der Waals surface area contributed by atoms with Gasteiger partial charge < -0.3 is 5.73 Å². The van der Waals surface area contributed by atoms with Crippen LogP contribution in [0.1, 0.15) is 24.8 Å². The summed E-state index contributed by atoms with van der Waals surface area (Å²) in [5.74, 6) is -1.33. The molecule has 1 aromatic rings. The fraction of sp³-hybridized carbons (Fsp3) is 0.235. The molecule has 4 rings (SSSR count). The van der Waals surface area contributed by atoms with Gasteiger partial charge in [-0.05, 0) is 36.1 Å². The molecule has 1 aliphatic carbocycles. The fourth-order valence-electron chi connectivity index (χ4n) is 3.48. The summed E-state index contributed by atoms with van der Waals surface area (Å²) >= 11 is 0. The minimum Gasteiger partial charge on any atom is -0.368 e. The molecule has 1 saturated carbocycles. The highest BCUT2D eigenvalue weighted by atomic mass is 16.6. The number of guanidine groups is 1. The van der Waals surface area contributed by atoms with Gasteiger partial charge in [0, 0.05) is 24.3 Å². The van der Waals surface area contributed by atoms with Gasteiger partial charge in [-0.25, -0.2) is 4.99 Å². The maximum Gasteiger partial charge on any atom is 0.284 e. The van der Waals surface area contributed by atoms with Crippen molar-refractivity contribution in [3.05, 3.63) is 45.5 Å². The predicted octanol–water partition coefficient (Wildman–Crippen LogP) is 1.43. The summed E-state index contributed by atoms with van der Waals surface area (Å²) < 4.78 is 0. The largest absolute Gasteiger partial charge is 0.368 e. The second kappa shape index (κ2) is 5.80. The Hall–Kier alpha value is -3.49. The molecule has 2 N–H and O–H groups in total. The van der Waals surface area contributed by atoms with Crippen LogP contribution in [-0.4, -0.2) is 34.1 Å². The van der Waals surface area contributed by atoms with Crippen LogP contribution in [0.5, 0.6) is 0 Å². The Morgan fingerprint density at radius 2 is 1.81 bits per heavy atom. The molecule has 2 aliphatic heterocycles. The van der Waals surface area contributed by atoms with Crippen molar-refractivity contribution < 1.29 is 14.5 Å². The molecule has 130 valence electrons. The van der Waals surface area contributed by atoms with E-state index in [-0.39, 0.29) is 28.8 Å². The number of rotatable bonds is 2. The monoisotopic (exact) mass is 351 g/mol. The highest BCUT2D eigenvalue weighted by molar-refractivity contribution is 6.38. The number of nitrogens with zero attached hydrogens (tertiary/aromatic N) is 4. The number of allylic oxidation sites excluding steroid dienone is 1. The molecule has 9 heteroatoms. The van der Waals surface area contributed by atoms with Crippen LogP contribution in [0.3, 0.4) is 0 Å². The number of benzene rings is 1. The number of fused-ring (bicyclic) bond motifs is 2. The Morgan fingerprint density at radius 1 is 1.08 bits per heavy atom. The van der Waals surface area contributed by atoms with Gasteiger partial charge in [0.1, 0.15) is 5.78 Å². The average Bonchev–Trinajstić information content (AvgIpc) is 2.60. The molecule has 0 radical (unpaired) electrons. The first-order valence-electron chi connectivity index (χ1n) is 8.02. The van der Waals surface area contributed by atoms with Crippen LogP contribution in [0.15, 0.2) is 44.8 Å². The zero-order chi connectivity index (χ0) is 18.4. The van der Waals surface area contributed by atoms with Crippen LogP contribution in [0, 0.1) is 16.0 Å². The Kier molecular flexibility index (Phi) is 3.57. The number of nitrogens with two attached hydrogens (primary N) is 1. The van der Waals surface area contributed by atoms with Gasteiger partial charge in [0.2, 0.25) is 5.96 Å². The Balaban J connectivity index is 1.94. The van der Waals surface area contributed by atoms with Crippen molar-refractivity contribution in [3.8, 4) is 0 Å². The third kappa shape index (κ3) is 2.44. The number of hydrogen-bond donors (Lipinski definition) is 1. The summed E-state index contributed by atoms with van der Waals surface area (Å²) in [6.07, 6.45) is 1.69. The van der Waals surface area contributed by atoms with Gasteiger partial charge in [-0.1, -0.05) is 0 Å². The SMILES string of the molecule is NC1=NC(=O)C2=C(c3ccc([N+](=O)[O-])cc3)C3C(=O)CCCC3=NC2=N1. The van der Waals surface area contributed by atoms with Crippen LogP contribution in [0.25, 0.3) is 5.57 Å². The summed E-state index contributed by atoms with van der Waals surface area (Å²) in [4.78, 5) is 47.6. The smallest absolute Gasteiger partial charge is 0.284 e. The lowest BCUT2D eigenvalue weighted by molar-refractivity contribution is -0.384. The fourth-order valence-corrected chi connectivity index (χ4v) is 3.48. The van der Waals surface area contributed by atoms with Crippen LogP contribution < -0.4 is 5.73 Å². The normalized spacial score (nSPS) is 22.2. The molecular formula is C17H13N5O4. The Bertz CT molecular complexity index is 985. The van der Waals surface area contributed by atoms with E-state index in [0.717, 1.165) is 0 Å². The first kappa shape index (κ1) is 16.0. The van der Waals surface area contributed by atoms with Crippen molar-refractivity contribution in [2.45, 2.75) is 19.3 Å². The second-order valence-electron chi connectivity index (χ2n) is 6.16. The molecule has 1 amide bonds. The zero-order valence-corrected chi connectivity index (χ0v) is 13.5. The van der Waals surface area contributed by atoms with Crippen molar-refractivity contribution in [2.75, 3.05) is 0 Å². The molecule has 1 atom stereocenters. The minimum atomic E-state index is -0.655. The Labute approximate surface area is 147 Å². The summed E-state index contributed by atoms with van der Waals surface area (Å²) in [5, 5.41) is 10.9. The standard InChI is InChI=1S/C17H13N5O4/c18-17-20-15-14(16(24)21-17)12(8-4-6-9(7-5-8)22(25)26)13-10(19-15)2-1-3-11(13)23/h4-7,13H,1-3H2,(H2,18,21,24). The maximum absolute atomic E-state index is 12.6. The van der Waals surface area contributed by atoms with E-state index in [2.05, 4.69) is 15.0 Å². The van der Waals surface area contributed by atoms with Gasteiger partial charge in [0.25, 0.3) is 11.6 Å². The molecule has 0 spiro atoms. The number of carbonyl (C=O) groups is 2. The number of Topliss-reactive ketones (excluding diaryl/α,β-unsaturated/α-hetero) is 1. The van der Waals surface area contributed by atoms with E-state index in [4.69, 9.17) is 5.73 Å². The van der Waals surface area contributed by atoms with E-state index < -0.39 is 16.7 Å². The van der Waals surface area contributed by atoms with Gasteiger partial charge in [0.05, 0.1) is 16.4 Å². The van der Waals surface area contributed by atoms with E-state index in [0.29, 0.717) is 36.1 Å². The molecule has 1 fully saturated rings. The van der Waals surface area contributed by atoms with Crippen LogP contribution in [-0.2, 0) is 9.59 Å². The minimum absolute atomic E-state index is 0.0368. The lowest BCUT2D eigenvalue weighted by Crippen LogP contribution is -2.38. The highest BCUT2D eigenvalue weighted by Gasteiger charge is 2.41. The number of non-ortho nitro benzene ring substituents is 1. The van der Waals surface area contributed by atoms with Gasteiger partial charge in [-0.2, -0.15) is 9.98 Å². The summed E-state index contributed by atoms with van der Waals surface area (Å²) in [7, 11) is 0. The number of nitro groups is 1. The number of amides is 1. The predicted molar refractivity (Wildman–Crippen MR) is 93.9 cm³/mol. The first-order chi connectivity index (χ1) is 12.5. The van der Waals surface area contributed by atoms with E-state index in [1.54, 1.807) is 0 Å². The van der Waals surface area contributed by atoms with E-state index in [9.17, 15) is 19.7 Å². The number of dihydropyridines is 1. The van der Waals surface area contributed by atoms with Crippen molar-refractivity contribution in [3.63, 3.8) is 0 Å². The van der Waals surface area contributed by atoms with E-state index >= 15 is 0 Å². The topological polar surface area (TPSA) is 140 Å². The first-order valence-corrected chi connectivity index (χ1v) is 8.02. The quantitative estimate of drug-likeness (QED) is 0.634. The van der Waals surface area contributed by atoms with Crippen LogP contribution in [0.4, 0.5) is 5.69 Å². The number of nitro benzene ring substituents is 1. The maximum atomic E-state index is 12.6. The number of hydrogen-bond acceptors (Lipinski definition) is 7. The van der Waals surface area contributed by atoms with Crippen LogP contribution >= 0.6 is 0 Å². The number of carbonyl (C=O) groups excluding carboxylic acids is 2. The molecule has 1 aromatic carbocycles. The van der Waals surface area contributed by atoms with E-state index in [1.807, 2.05) is 0 Å². The van der Waals surface area contributed by atoms with Crippen molar-refractivity contribution in [1.82, 2.24) is 0 Å². The third-order valence-electron chi connectivity index (χ3n) is 4.58. The lowest BCUT2D eigenvalue weighted by Gasteiger charge is -2.31. The third-order valence-corrected chi connectivity index (χ3v) is 4.58. The van der Waals surface area contributed by atoms with Crippen molar-refractivity contribution in [1.29, 1.82) is 0 Å². The van der Waals surface area contributed by atoms with E-state index in [1.165, 1.54) is 24.3 Å². The molecule has 9 nitrogen and oxygen atoms in total. The lowest BCUT2D eigenvalue weighted by atomic mass is 9.74. The van der Waals surface area contributed by atoms with Gasteiger partial charge in [0.15, 0.2) is 5.84 Å². The number of ketones is 1. The summed E-state index contributed by atoms with van der Waals surface area (Å²) in [6, 6.07) is 5.72. The number of aliphatic imine (C=N–C) groups is 3. The zero-order valence-electron chi connectivity index (χ0n) is 13.5. The number of amidine groups is 1. The van der Waals surface area contributed by atoms with Crippen molar-refractivity contribution >= 4 is 40.5 Å². The summed E-state index contributed by atoms with van der Waals surface area (Å²) in [5.41, 5.74) is 7.26. The molecule has 0 saturated heterocycles. The molecule has 2 heterocycles. The highest BCUT2D eigenvalue weighted by Crippen LogP contribution is 2.39. The van der Waals surface area contributed by atoms with Crippen LogP contribution in [0.2, 0.25) is 0 Å². The second-order valence-corrected chi connectivity index (χ2v) is 6.16.